The molecule has 3 rings (SSSR count). The number of carbonyl (C=O) groups is 1. The highest BCUT2D eigenvalue weighted by molar-refractivity contribution is 5.81. The number of nitrogens with one attached hydrogen (secondary N) is 1. The lowest BCUT2D eigenvalue weighted by Crippen LogP contribution is -2.40. The molecule has 1 aliphatic heterocycles. The summed E-state index contributed by atoms with van der Waals surface area (Å²) >= 11 is 0. The first-order chi connectivity index (χ1) is 16.6. The van der Waals surface area contributed by atoms with Gasteiger partial charge in [0, 0.05) is 44.5 Å². The number of nitrogens with zero attached hydrogens (tertiary/aromatic N) is 3. The minimum atomic E-state index is -4.46. The number of hydrogen-bond acceptors (Lipinski definition) is 4. The summed E-state index contributed by atoms with van der Waals surface area (Å²) in [5, 5.41) is 3.28. The molecule has 0 aliphatic carbocycles. The first-order valence-electron chi connectivity index (χ1n) is 12.3. The van der Waals surface area contributed by atoms with Crippen molar-refractivity contribution in [2.24, 2.45) is 0 Å². The second-order valence-corrected chi connectivity index (χ2v) is 9.55. The second kappa shape index (κ2) is 11.9. The van der Waals surface area contributed by atoms with Gasteiger partial charge < -0.3 is 15.1 Å². The van der Waals surface area contributed by atoms with Crippen LogP contribution in [0.4, 0.5) is 18.9 Å². The molecule has 1 N–H and O–H groups in total. The van der Waals surface area contributed by atoms with Gasteiger partial charge in [-0.1, -0.05) is 37.3 Å². The standard InChI is InChI=1S/C27H37F3N4O/c1-5-20(2)33-14-13-23-21(18-33)10-8-12-25(23)31-17-26(35)34(16-15-32(3)4)19-22-9-6-7-11-24(22)27(28,29)30/h6-12,20,31H,5,13-19H2,1-4H3. The summed E-state index contributed by atoms with van der Waals surface area (Å²) in [7, 11) is 3.76. The Bertz CT molecular complexity index is 993. The van der Waals surface area contributed by atoms with Gasteiger partial charge in [-0.05, 0) is 62.7 Å². The first-order valence-corrected chi connectivity index (χ1v) is 12.3. The van der Waals surface area contributed by atoms with Crippen LogP contribution in [-0.4, -0.2) is 66.9 Å². The number of hydrogen-bond donors (Lipinski definition) is 1. The van der Waals surface area contributed by atoms with Crippen LogP contribution in [0.3, 0.4) is 0 Å². The van der Waals surface area contributed by atoms with E-state index in [4.69, 9.17) is 0 Å². The van der Waals surface area contributed by atoms with Crippen LogP contribution in [0.2, 0.25) is 0 Å². The fraction of sp³-hybridized carbons (Fsp3) is 0.519. The fourth-order valence-electron chi connectivity index (χ4n) is 4.47. The van der Waals surface area contributed by atoms with Gasteiger partial charge in [0.1, 0.15) is 0 Å². The van der Waals surface area contributed by atoms with Crippen molar-refractivity contribution >= 4 is 11.6 Å². The molecule has 0 aromatic heterocycles. The molecule has 0 saturated carbocycles. The van der Waals surface area contributed by atoms with Gasteiger partial charge in [0.25, 0.3) is 0 Å². The molecular weight excluding hydrogens is 453 g/mol. The molecule has 0 spiro atoms. The smallest absolute Gasteiger partial charge is 0.376 e. The molecule has 0 bridgehead atoms. The zero-order valence-corrected chi connectivity index (χ0v) is 21.2. The lowest BCUT2D eigenvalue weighted by molar-refractivity contribution is -0.139. The normalized spacial score (nSPS) is 15.1. The van der Waals surface area contributed by atoms with Gasteiger partial charge >= 0.3 is 6.18 Å². The summed E-state index contributed by atoms with van der Waals surface area (Å²) < 4.78 is 40.5. The van der Waals surface area contributed by atoms with Gasteiger partial charge in [-0.2, -0.15) is 13.2 Å². The topological polar surface area (TPSA) is 38.8 Å². The van der Waals surface area contributed by atoms with E-state index in [-0.39, 0.29) is 24.6 Å². The molecule has 1 amide bonds. The van der Waals surface area contributed by atoms with Gasteiger partial charge in [-0.25, -0.2) is 0 Å². The highest BCUT2D eigenvalue weighted by Crippen LogP contribution is 2.32. The summed E-state index contributed by atoms with van der Waals surface area (Å²) in [5.74, 6) is -0.224. The van der Waals surface area contributed by atoms with Crippen molar-refractivity contribution in [1.29, 1.82) is 0 Å². The molecule has 1 aliphatic rings. The Hall–Kier alpha value is -2.58. The van der Waals surface area contributed by atoms with Crippen LogP contribution in [0, 0.1) is 0 Å². The number of halogens is 3. The maximum atomic E-state index is 13.5. The van der Waals surface area contributed by atoms with Crippen molar-refractivity contribution in [2.75, 3.05) is 45.6 Å². The first kappa shape index (κ1) is 27.0. The molecule has 0 radical (unpaired) electrons. The van der Waals surface area contributed by atoms with Crippen LogP contribution in [0.25, 0.3) is 0 Å². The Labute approximate surface area is 206 Å². The van der Waals surface area contributed by atoms with Crippen LogP contribution < -0.4 is 5.32 Å². The van der Waals surface area contributed by atoms with E-state index in [0.717, 1.165) is 37.7 Å². The average molecular weight is 491 g/mol. The Morgan fingerprint density at radius 3 is 2.54 bits per heavy atom. The summed E-state index contributed by atoms with van der Waals surface area (Å²) in [6.45, 7) is 7.15. The molecule has 1 unspecified atom stereocenters. The number of fused-ring (bicyclic) bond motifs is 1. The van der Waals surface area contributed by atoms with Crippen molar-refractivity contribution in [3.05, 3.63) is 64.7 Å². The molecular formula is C27H37F3N4O. The number of carbonyl (C=O) groups excluding carboxylic acids is 1. The Kier molecular flexibility index (Phi) is 9.19. The lowest BCUT2D eigenvalue weighted by atomic mass is 9.96. The van der Waals surface area contributed by atoms with Crippen LogP contribution >= 0.6 is 0 Å². The summed E-state index contributed by atoms with van der Waals surface area (Å²) in [6, 6.07) is 12.1. The highest BCUT2D eigenvalue weighted by Gasteiger charge is 2.33. The molecule has 1 heterocycles. The van der Waals surface area contributed by atoms with E-state index in [1.807, 2.05) is 31.1 Å². The van der Waals surface area contributed by atoms with Crippen molar-refractivity contribution in [2.45, 2.75) is 52.0 Å². The molecule has 2 aromatic carbocycles. The fourth-order valence-corrected chi connectivity index (χ4v) is 4.47. The van der Waals surface area contributed by atoms with Crippen molar-refractivity contribution in [3.8, 4) is 0 Å². The second-order valence-electron chi connectivity index (χ2n) is 9.55. The highest BCUT2D eigenvalue weighted by atomic mass is 19.4. The van der Waals surface area contributed by atoms with Gasteiger partial charge in [0.2, 0.25) is 5.91 Å². The van der Waals surface area contributed by atoms with E-state index >= 15 is 0 Å². The SMILES string of the molecule is CCC(C)N1CCc2c(cccc2NCC(=O)N(CCN(C)C)Cc2ccccc2C(F)(F)F)C1. The largest absolute Gasteiger partial charge is 0.416 e. The van der Waals surface area contributed by atoms with Crippen LogP contribution in [0.15, 0.2) is 42.5 Å². The quantitative estimate of drug-likeness (QED) is 0.516. The van der Waals surface area contributed by atoms with E-state index in [1.165, 1.54) is 28.2 Å². The number of alkyl halides is 3. The van der Waals surface area contributed by atoms with Crippen LogP contribution in [-0.2, 0) is 30.5 Å². The van der Waals surface area contributed by atoms with Crippen molar-refractivity contribution in [3.63, 3.8) is 0 Å². The monoisotopic (exact) mass is 490 g/mol. The number of anilines is 1. The summed E-state index contributed by atoms with van der Waals surface area (Å²) in [5.41, 5.74) is 2.83. The third-order valence-electron chi connectivity index (χ3n) is 6.79. The third kappa shape index (κ3) is 7.21. The lowest BCUT2D eigenvalue weighted by Gasteiger charge is -2.34. The minimum absolute atomic E-state index is 0.0349. The molecule has 8 heteroatoms. The number of benzene rings is 2. The zero-order valence-electron chi connectivity index (χ0n) is 21.2. The van der Waals surface area contributed by atoms with E-state index in [0.29, 0.717) is 19.1 Å². The maximum Gasteiger partial charge on any atom is 0.416 e. The third-order valence-corrected chi connectivity index (χ3v) is 6.79. The zero-order chi connectivity index (χ0) is 25.6. The average Bonchev–Trinajstić information content (AvgIpc) is 2.83. The summed E-state index contributed by atoms with van der Waals surface area (Å²) in [4.78, 5) is 19.1. The van der Waals surface area contributed by atoms with Gasteiger partial charge in [0.05, 0.1) is 12.1 Å². The molecule has 35 heavy (non-hydrogen) atoms. The predicted octanol–water partition coefficient (Wildman–Crippen LogP) is 4.86. The maximum absolute atomic E-state index is 13.5. The van der Waals surface area contributed by atoms with Gasteiger partial charge in [-0.3, -0.25) is 9.69 Å². The van der Waals surface area contributed by atoms with Crippen molar-refractivity contribution < 1.29 is 18.0 Å². The number of rotatable bonds is 10. The van der Waals surface area contributed by atoms with E-state index < -0.39 is 11.7 Å². The Morgan fingerprint density at radius 1 is 1.11 bits per heavy atom. The number of likely N-dealkylation sites (N-methyl/N-ethyl adjacent to an activating group) is 1. The molecule has 0 fully saturated rings. The molecule has 0 saturated heterocycles. The molecule has 5 nitrogen and oxygen atoms in total. The van der Waals surface area contributed by atoms with Gasteiger partial charge in [0.15, 0.2) is 0 Å². The summed E-state index contributed by atoms with van der Waals surface area (Å²) in [6.07, 6.45) is -2.46. The minimum Gasteiger partial charge on any atom is -0.376 e. The van der Waals surface area contributed by atoms with Crippen LogP contribution in [0.5, 0.6) is 0 Å². The van der Waals surface area contributed by atoms with E-state index in [1.54, 1.807) is 6.07 Å². The Morgan fingerprint density at radius 2 is 1.86 bits per heavy atom. The molecule has 2 aromatic rings. The Balaban J connectivity index is 1.73. The van der Waals surface area contributed by atoms with Crippen LogP contribution in [0.1, 0.15) is 42.5 Å². The van der Waals surface area contributed by atoms with E-state index in [9.17, 15) is 18.0 Å². The van der Waals surface area contributed by atoms with Gasteiger partial charge in [-0.15, -0.1) is 0 Å². The van der Waals surface area contributed by atoms with E-state index in [2.05, 4.69) is 30.1 Å². The van der Waals surface area contributed by atoms with Crippen molar-refractivity contribution in [1.82, 2.24) is 14.7 Å². The predicted molar refractivity (Wildman–Crippen MR) is 134 cm³/mol. The molecule has 192 valence electrons. The number of amides is 1. The molecule has 1 atom stereocenters.